The lowest BCUT2D eigenvalue weighted by molar-refractivity contribution is 0.413. The van der Waals surface area contributed by atoms with E-state index in [1.807, 2.05) is 12.1 Å². The van der Waals surface area contributed by atoms with Crippen LogP contribution in [0.4, 0.5) is 5.95 Å². The molecule has 3 heterocycles. The molecule has 0 aromatic carbocycles. The van der Waals surface area contributed by atoms with Crippen molar-refractivity contribution in [2.24, 2.45) is 0 Å². The lowest BCUT2D eigenvalue weighted by Crippen LogP contribution is -2.39. The van der Waals surface area contributed by atoms with Crippen molar-refractivity contribution in [1.29, 1.82) is 0 Å². The number of nitrogens with one attached hydrogen (secondary N) is 2. The van der Waals surface area contributed by atoms with E-state index in [2.05, 4.69) is 20.7 Å². The first kappa shape index (κ1) is 11.7. The molecule has 2 N–H and O–H groups in total. The molecular formula is C12H16ClN5. The summed E-state index contributed by atoms with van der Waals surface area (Å²) in [5.74, 6) is 0.657. The van der Waals surface area contributed by atoms with Gasteiger partial charge in [-0.1, -0.05) is 18.0 Å². The van der Waals surface area contributed by atoms with Gasteiger partial charge in [-0.2, -0.15) is 4.98 Å². The second kappa shape index (κ2) is 5.12. The smallest absolute Gasteiger partial charge is 0.243 e. The molecule has 5 nitrogen and oxygen atoms in total. The number of piperidine rings is 1. The molecule has 18 heavy (non-hydrogen) atoms. The van der Waals surface area contributed by atoms with Gasteiger partial charge in [0.1, 0.15) is 0 Å². The summed E-state index contributed by atoms with van der Waals surface area (Å²) in [6.07, 6.45) is 5.55. The van der Waals surface area contributed by atoms with E-state index in [1.54, 1.807) is 10.7 Å². The quantitative estimate of drug-likeness (QED) is 0.891. The van der Waals surface area contributed by atoms with E-state index in [9.17, 15) is 0 Å². The minimum atomic E-state index is 0.522. The van der Waals surface area contributed by atoms with Gasteiger partial charge in [-0.3, -0.25) is 0 Å². The van der Waals surface area contributed by atoms with Crippen molar-refractivity contribution >= 4 is 23.2 Å². The molecule has 0 spiro atoms. The molecule has 1 atom stereocenters. The number of pyridine rings is 1. The average Bonchev–Trinajstić information content (AvgIpc) is 2.79. The van der Waals surface area contributed by atoms with Gasteiger partial charge in [-0.05, 0) is 31.5 Å². The maximum absolute atomic E-state index is 5.91. The van der Waals surface area contributed by atoms with E-state index >= 15 is 0 Å². The Morgan fingerprint density at radius 1 is 1.44 bits per heavy atom. The number of halogens is 1. The van der Waals surface area contributed by atoms with Crippen LogP contribution >= 0.6 is 11.6 Å². The fourth-order valence-electron chi connectivity index (χ4n) is 2.25. The summed E-state index contributed by atoms with van der Waals surface area (Å²) in [6, 6.07) is 4.20. The van der Waals surface area contributed by atoms with Crippen molar-refractivity contribution in [2.45, 2.75) is 25.3 Å². The minimum absolute atomic E-state index is 0.522. The minimum Gasteiger partial charge on any atom is -0.351 e. The first-order chi connectivity index (χ1) is 8.81. The van der Waals surface area contributed by atoms with Gasteiger partial charge in [-0.15, -0.1) is 5.10 Å². The lowest BCUT2D eigenvalue weighted by Gasteiger charge is -2.23. The summed E-state index contributed by atoms with van der Waals surface area (Å²) in [5.41, 5.74) is 0.804. The van der Waals surface area contributed by atoms with Crippen molar-refractivity contribution in [3.05, 3.63) is 23.4 Å². The summed E-state index contributed by atoms with van der Waals surface area (Å²) in [4.78, 5) is 4.39. The number of hydrogen-bond acceptors (Lipinski definition) is 4. The molecule has 3 rings (SSSR count). The lowest BCUT2D eigenvalue weighted by atomic mass is 10.1. The summed E-state index contributed by atoms with van der Waals surface area (Å²) in [7, 11) is 0. The average molecular weight is 266 g/mol. The number of rotatable bonds is 3. The van der Waals surface area contributed by atoms with Gasteiger partial charge in [0.05, 0.1) is 5.02 Å². The third-order valence-electron chi connectivity index (χ3n) is 3.21. The third-order valence-corrected chi connectivity index (χ3v) is 3.44. The molecule has 1 unspecified atom stereocenters. The highest BCUT2D eigenvalue weighted by atomic mass is 35.5. The molecule has 1 aliphatic heterocycles. The first-order valence-corrected chi connectivity index (χ1v) is 6.68. The van der Waals surface area contributed by atoms with Crippen LogP contribution in [-0.2, 0) is 0 Å². The Morgan fingerprint density at radius 3 is 3.22 bits per heavy atom. The van der Waals surface area contributed by atoms with Crippen molar-refractivity contribution in [3.8, 4) is 0 Å². The Labute approximate surface area is 111 Å². The predicted octanol–water partition coefficient (Wildman–Crippen LogP) is 1.94. The zero-order valence-electron chi connectivity index (χ0n) is 10.1. The van der Waals surface area contributed by atoms with Crippen LogP contribution in [0.3, 0.4) is 0 Å². The molecule has 1 fully saturated rings. The molecule has 0 bridgehead atoms. The van der Waals surface area contributed by atoms with Crippen LogP contribution in [-0.4, -0.2) is 33.7 Å². The molecule has 6 heteroatoms. The Bertz CT molecular complexity index is 532. The van der Waals surface area contributed by atoms with E-state index in [0.29, 0.717) is 17.0 Å². The highest BCUT2D eigenvalue weighted by Crippen LogP contribution is 2.12. The number of fused-ring (bicyclic) bond motifs is 1. The highest BCUT2D eigenvalue weighted by molar-refractivity contribution is 6.30. The molecule has 0 saturated carbocycles. The number of anilines is 1. The molecule has 1 saturated heterocycles. The molecule has 2 aromatic heterocycles. The molecule has 0 aliphatic carbocycles. The van der Waals surface area contributed by atoms with Crippen molar-refractivity contribution in [2.75, 3.05) is 18.4 Å². The molecule has 0 amide bonds. The van der Waals surface area contributed by atoms with E-state index in [4.69, 9.17) is 11.6 Å². The Balaban J connectivity index is 1.67. The van der Waals surface area contributed by atoms with E-state index < -0.39 is 0 Å². The fourth-order valence-corrected chi connectivity index (χ4v) is 2.40. The first-order valence-electron chi connectivity index (χ1n) is 6.30. The van der Waals surface area contributed by atoms with Crippen LogP contribution in [0.25, 0.3) is 5.65 Å². The van der Waals surface area contributed by atoms with Gasteiger partial charge < -0.3 is 10.6 Å². The molecule has 0 radical (unpaired) electrons. The summed E-state index contributed by atoms with van der Waals surface area (Å²) >= 11 is 5.91. The van der Waals surface area contributed by atoms with Gasteiger partial charge in [0.25, 0.3) is 0 Å². The van der Waals surface area contributed by atoms with E-state index in [0.717, 1.165) is 18.7 Å². The van der Waals surface area contributed by atoms with Crippen molar-refractivity contribution in [1.82, 2.24) is 19.9 Å². The second-order valence-corrected chi connectivity index (χ2v) is 5.05. The van der Waals surface area contributed by atoms with E-state index in [1.165, 1.54) is 19.3 Å². The summed E-state index contributed by atoms with van der Waals surface area (Å²) in [5, 5.41) is 11.8. The van der Waals surface area contributed by atoms with Crippen LogP contribution in [0, 0.1) is 0 Å². The maximum Gasteiger partial charge on any atom is 0.243 e. The highest BCUT2D eigenvalue weighted by Gasteiger charge is 2.13. The van der Waals surface area contributed by atoms with Crippen LogP contribution in [0.2, 0.25) is 5.02 Å². The van der Waals surface area contributed by atoms with Crippen LogP contribution < -0.4 is 10.6 Å². The molecule has 96 valence electrons. The van der Waals surface area contributed by atoms with E-state index in [-0.39, 0.29) is 0 Å². The Hall–Kier alpha value is -1.33. The van der Waals surface area contributed by atoms with Gasteiger partial charge in [0.15, 0.2) is 5.65 Å². The second-order valence-electron chi connectivity index (χ2n) is 4.61. The van der Waals surface area contributed by atoms with Gasteiger partial charge >= 0.3 is 0 Å². The number of hydrogen-bond donors (Lipinski definition) is 2. The summed E-state index contributed by atoms with van der Waals surface area (Å²) in [6.45, 7) is 1.98. The largest absolute Gasteiger partial charge is 0.351 e. The van der Waals surface area contributed by atoms with Gasteiger partial charge in [0, 0.05) is 18.8 Å². The number of aromatic nitrogens is 3. The number of nitrogens with zero attached hydrogens (tertiary/aromatic N) is 3. The maximum atomic E-state index is 5.91. The Morgan fingerprint density at radius 2 is 2.39 bits per heavy atom. The molecule has 2 aromatic rings. The molecule has 1 aliphatic rings. The monoisotopic (exact) mass is 265 g/mol. The Kier molecular flexibility index (Phi) is 3.34. The van der Waals surface area contributed by atoms with Crippen LogP contribution in [0.5, 0.6) is 0 Å². The zero-order chi connectivity index (χ0) is 12.4. The van der Waals surface area contributed by atoms with Crippen LogP contribution in [0.15, 0.2) is 18.3 Å². The molecular weight excluding hydrogens is 250 g/mol. The van der Waals surface area contributed by atoms with Gasteiger partial charge in [0.2, 0.25) is 5.95 Å². The zero-order valence-corrected chi connectivity index (χ0v) is 10.8. The van der Waals surface area contributed by atoms with Crippen molar-refractivity contribution in [3.63, 3.8) is 0 Å². The van der Waals surface area contributed by atoms with Crippen LogP contribution in [0.1, 0.15) is 19.3 Å². The standard InChI is InChI=1S/C12H16ClN5/c13-9-4-5-11-16-12(17-18(11)8-9)15-7-10-3-1-2-6-14-10/h4-5,8,10,14H,1-3,6-7H2,(H,15,17). The normalized spacial score (nSPS) is 20.2. The summed E-state index contributed by atoms with van der Waals surface area (Å²) < 4.78 is 1.69. The topological polar surface area (TPSA) is 54.2 Å². The van der Waals surface area contributed by atoms with Crippen molar-refractivity contribution < 1.29 is 0 Å². The fraction of sp³-hybridized carbons (Fsp3) is 0.500. The van der Waals surface area contributed by atoms with Gasteiger partial charge in [-0.25, -0.2) is 4.52 Å². The SMILES string of the molecule is Clc1ccc2nc(NCC3CCCCN3)nn2c1. The predicted molar refractivity (Wildman–Crippen MR) is 72.1 cm³/mol. The third kappa shape index (κ3) is 2.57.